The van der Waals surface area contributed by atoms with Gasteiger partial charge in [-0.25, -0.2) is 0 Å². The normalized spacial score (nSPS) is 19.8. The third kappa shape index (κ3) is 3.71. The molecule has 1 saturated heterocycles. The predicted molar refractivity (Wildman–Crippen MR) is 86.0 cm³/mol. The SMILES string of the molecule is O=C(CCc1cccc(Cl)c1Cl)N1CCN(C2CC2)CC1. The highest BCUT2D eigenvalue weighted by Crippen LogP contribution is 2.28. The molecule has 0 aromatic heterocycles. The van der Waals surface area contributed by atoms with E-state index in [1.54, 1.807) is 6.07 Å². The molecular weight excluding hydrogens is 307 g/mol. The summed E-state index contributed by atoms with van der Waals surface area (Å²) >= 11 is 12.2. The van der Waals surface area contributed by atoms with Gasteiger partial charge in [0.2, 0.25) is 5.91 Å². The summed E-state index contributed by atoms with van der Waals surface area (Å²) in [6.45, 7) is 3.76. The number of nitrogens with zero attached hydrogens (tertiary/aromatic N) is 2. The molecule has 3 nitrogen and oxygen atoms in total. The van der Waals surface area contributed by atoms with Gasteiger partial charge in [-0.1, -0.05) is 35.3 Å². The van der Waals surface area contributed by atoms with Crippen LogP contribution in [-0.2, 0) is 11.2 Å². The van der Waals surface area contributed by atoms with Crippen molar-refractivity contribution in [2.24, 2.45) is 0 Å². The third-order valence-corrected chi connectivity index (χ3v) is 5.23. The molecule has 3 rings (SSSR count). The molecule has 114 valence electrons. The molecule has 2 aliphatic rings. The molecule has 1 aromatic carbocycles. The Bertz CT molecular complexity index is 523. The Kier molecular flexibility index (Phi) is 4.72. The number of carbonyl (C=O) groups excluding carboxylic acids is 1. The molecule has 2 fully saturated rings. The summed E-state index contributed by atoms with van der Waals surface area (Å²) in [4.78, 5) is 16.8. The fourth-order valence-corrected chi connectivity index (χ4v) is 3.33. The number of aryl methyl sites for hydroxylation is 1. The number of rotatable bonds is 4. The largest absolute Gasteiger partial charge is 0.340 e. The van der Waals surface area contributed by atoms with Gasteiger partial charge >= 0.3 is 0 Å². The molecular formula is C16H20Cl2N2O. The van der Waals surface area contributed by atoms with E-state index in [1.807, 2.05) is 17.0 Å². The smallest absolute Gasteiger partial charge is 0.222 e. The fourth-order valence-electron chi connectivity index (χ4n) is 2.92. The first-order valence-corrected chi connectivity index (χ1v) is 8.35. The lowest BCUT2D eigenvalue weighted by Crippen LogP contribution is -2.49. The van der Waals surface area contributed by atoms with Crippen LogP contribution in [-0.4, -0.2) is 47.9 Å². The van der Waals surface area contributed by atoms with E-state index in [-0.39, 0.29) is 5.91 Å². The number of benzene rings is 1. The second kappa shape index (κ2) is 6.55. The second-order valence-electron chi connectivity index (χ2n) is 5.86. The maximum atomic E-state index is 12.3. The highest BCUT2D eigenvalue weighted by Gasteiger charge is 2.32. The van der Waals surface area contributed by atoms with Gasteiger partial charge in [0.05, 0.1) is 10.0 Å². The van der Waals surface area contributed by atoms with Gasteiger partial charge in [-0.05, 0) is 30.9 Å². The summed E-state index contributed by atoms with van der Waals surface area (Å²) in [7, 11) is 0. The van der Waals surface area contributed by atoms with Crippen LogP contribution >= 0.6 is 23.2 Å². The lowest BCUT2D eigenvalue weighted by molar-refractivity contribution is -0.133. The van der Waals surface area contributed by atoms with Crippen molar-refractivity contribution in [1.29, 1.82) is 0 Å². The molecule has 0 atom stereocenters. The molecule has 0 bridgehead atoms. The molecule has 1 heterocycles. The van der Waals surface area contributed by atoms with Crippen molar-refractivity contribution in [3.63, 3.8) is 0 Å². The van der Waals surface area contributed by atoms with Crippen LogP contribution in [0.15, 0.2) is 18.2 Å². The van der Waals surface area contributed by atoms with E-state index in [1.165, 1.54) is 12.8 Å². The summed E-state index contributed by atoms with van der Waals surface area (Å²) in [6.07, 6.45) is 3.83. The lowest BCUT2D eigenvalue weighted by atomic mass is 10.1. The Morgan fingerprint density at radius 3 is 2.52 bits per heavy atom. The predicted octanol–water partition coefficient (Wildman–Crippen LogP) is 3.23. The van der Waals surface area contributed by atoms with Crippen LogP contribution in [0.4, 0.5) is 0 Å². The minimum atomic E-state index is 0.224. The highest BCUT2D eigenvalue weighted by molar-refractivity contribution is 6.42. The first kappa shape index (κ1) is 15.1. The van der Waals surface area contributed by atoms with Gasteiger partial charge in [-0.15, -0.1) is 0 Å². The molecule has 0 unspecified atom stereocenters. The summed E-state index contributed by atoms with van der Waals surface area (Å²) in [5.41, 5.74) is 0.953. The number of hydrogen-bond donors (Lipinski definition) is 0. The topological polar surface area (TPSA) is 23.6 Å². The molecule has 1 aliphatic carbocycles. The van der Waals surface area contributed by atoms with Crippen LogP contribution < -0.4 is 0 Å². The minimum Gasteiger partial charge on any atom is -0.340 e. The molecule has 1 aliphatic heterocycles. The van der Waals surface area contributed by atoms with E-state index in [0.717, 1.165) is 37.8 Å². The number of hydrogen-bond acceptors (Lipinski definition) is 2. The molecule has 5 heteroatoms. The van der Waals surface area contributed by atoms with Crippen molar-refractivity contribution in [2.75, 3.05) is 26.2 Å². The maximum Gasteiger partial charge on any atom is 0.222 e. The van der Waals surface area contributed by atoms with Gasteiger partial charge in [0.25, 0.3) is 0 Å². The average molecular weight is 327 g/mol. The van der Waals surface area contributed by atoms with Crippen molar-refractivity contribution in [3.8, 4) is 0 Å². The molecule has 0 N–H and O–H groups in total. The van der Waals surface area contributed by atoms with E-state index in [0.29, 0.717) is 22.9 Å². The number of carbonyl (C=O) groups is 1. The first-order valence-electron chi connectivity index (χ1n) is 7.60. The number of piperazine rings is 1. The van der Waals surface area contributed by atoms with Crippen molar-refractivity contribution in [3.05, 3.63) is 33.8 Å². The van der Waals surface area contributed by atoms with E-state index in [2.05, 4.69) is 4.90 Å². The van der Waals surface area contributed by atoms with E-state index in [4.69, 9.17) is 23.2 Å². The van der Waals surface area contributed by atoms with Gasteiger partial charge in [-0.3, -0.25) is 9.69 Å². The summed E-state index contributed by atoms with van der Waals surface area (Å²) in [6, 6.07) is 6.38. The quantitative estimate of drug-likeness (QED) is 0.848. The highest BCUT2D eigenvalue weighted by atomic mass is 35.5. The van der Waals surface area contributed by atoms with Crippen LogP contribution in [0.25, 0.3) is 0 Å². The van der Waals surface area contributed by atoms with Gasteiger partial charge in [-0.2, -0.15) is 0 Å². The minimum absolute atomic E-state index is 0.224. The van der Waals surface area contributed by atoms with Crippen molar-refractivity contribution in [2.45, 2.75) is 31.7 Å². The molecule has 0 radical (unpaired) electrons. The van der Waals surface area contributed by atoms with E-state index >= 15 is 0 Å². The second-order valence-corrected chi connectivity index (χ2v) is 6.65. The van der Waals surface area contributed by atoms with Crippen molar-refractivity contribution in [1.82, 2.24) is 9.80 Å². The van der Waals surface area contributed by atoms with Crippen molar-refractivity contribution >= 4 is 29.1 Å². The zero-order chi connectivity index (χ0) is 14.8. The fraction of sp³-hybridized carbons (Fsp3) is 0.562. The maximum absolute atomic E-state index is 12.3. The standard InChI is InChI=1S/C16H20Cl2N2O/c17-14-3-1-2-12(16(14)18)4-7-15(21)20-10-8-19(9-11-20)13-5-6-13/h1-3,13H,4-11H2. The summed E-state index contributed by atoms with van der Waals surface area (Å²) < 4.78 is 0. The van der Waals surface area contributed by atoms with Crippen LogP contribution in [0.5, 0.6) is 0 Å². The van der Waals surface area contributed by atoms with Gasteiger partial charge in [0.1, 0.15) is 0 Å². The zero-order valence-corrected chi connectivity index (χ0v) is 13.5. The van der Waals surface area contributed by atoms with Crippen LogP contribution in [0.3, 0.4) is 0 Å². The first-order chi connectivity index (χ1) is 10.1. The lowest BCUT2D eigenvalue weighted by Gasteiger charge is -2.34. The van der Waals surface area contributed by atoms with Gasteiger partial charge in [0, 0.05) is 38.6 Å². The molecule has 1 aromatic rings. The van der Waals surface area contributed by atoms with Crippen molar-refractivity contribution < 1.29 is 4.79 Å². The zero-order valence-electron chi connectivity index (χ0n) is 12.0. The average Bonchev–Trinajstić information content (AvgIpc) is 3.33. The van der Waals surface area contributed by atoms with E-state index in [9.17, 15) is 4.79 Å². The molecule has 21 heavy (non-hydrogen) atoms. The Morgan fingerprint density at radius 1 is 1.14 bits per heavy atom. The monoisotopic (exact) mass is 326 g/mol. The van der Waals surface area contributed by atoms with Crippen LogP contribution in [0, 0.1) is 0 Å². The Balaban J connectivity index is 1.49. The molecule has 1 saturated carbocycles. The van der Waals surface area contributed by atoms with Gasteiger partial charge < -0.3 is 4.90 Å². The number of amides is 1. The summed E-state index contributed by atoms with van der Waals surface area (Å²) in [5.74, 6) is 0.224. The Labute approximate surface area is 135 Å². The summed E-state index contributed by atoms with van der Waals surface area (Å²) in [5, 5.41) is 1.13. The number of halogens is 2. The third-order valence-electron chi connectivity index (χ3n) is 4.37. The van der Waals surface area contributed by atoms with Crippen LogP contribution in [0.1, 0.15) is 24.8 Å². The van der Waals surface area contributed by atoms with Gasteiger partial charge in [0.15, 0.2) is 0 Å². The van der Waals surface area contributed by atoms with Crippen LogP contribution in [0.2, 0.25) is 10.0 Å². The Morgan fingerprint density at radius 2 is 1.86 bits per heavy atom. The molecule has 0 spiro atoms. The Hall–Kier alpha value is -0.770. The van der Waals surface area contributed by atoms with E-state index < -0.39 is 0 Å². The molecule has 1 amide bonds.